The maximum Gasteiger partial charge on any atom is 0.324 e. The predicted octanol–water partition coefficient (Wildman–Crippen LogP) is 2.20. The number of nitriles is 2. The van der Waals surface area contributed by atoms with Gasteiger partial charge in [-0.3, -0.25) is 0 Å². The Labute approximate surface area is 96.3 Å². The van der Waals surface area contributed by atoms with Gasteiger partial charge in [-0.2, -0.15) is 10.5 Å². The minimum atomic E-state index is 0.128. The highest BCUT2D eigenvalue weighted by atomic mass is 14.9. The number of hydrogen-bond acceptors (Lipinski definition) is 3. The van der Waals surface area contributed by atoms with Crippen LogP contribution in [-0.2, 0) is 0 Å². The van der Waals surface area contributed by atoms with Gasteiger partial charge in [0, 0.05) is 6.42 Å². The average molecular weight is 215 g/mol. The Morgan fingerprint density at radius 2 is 2.25 bits per heavy atom. The lowest BCUT2D eigenvalue weighted by Gasteiger charge is -1.98. The van der Waals surface area contributed by atoms with Gasteiger partial charge >= 0.3 is 6.07 Å². The van der Waals surface area contributed by atoms with E-state index in [-0.39, 0.29) is 12.1 Å². The van der Waals surface area contributed by atoms with Crippen molar-refractivity contribution in [2.45, 2.75) is 19.8 Å². The molecule has 0 amide bonds. The molecule has 16 heavy (non-hydrogen) atoms. The number of nitrogens with one attached hydrogen (secondary N) is 1. The zero-order chi connectivity index (χ0) is 12.2. The van der Waals surface area contributed by atoms with Gasteiger partial charge in [0.1, 0.15) is 12.6 Å². The van der Waals surface area contributed by atoms with E-state index in [1.807, 2.05) is 12.1 Å². The van der Waals surface area contributed by atoms with Gasteiger partial charge in [-0.05, 0) is 12.5 Å². The highest BCUT2D eigenvalue weighted by Crippen LogP contribution is 2.01. The molecule has 0 aromatic heterocycles. The zero-order valence-electron chi connectivity index (χ0n) is 9.45. The molecule has 0 aromatic rings. The van der Waals surface area contributed by atoms with Crippen molar-refractivity contribution in [3.8, 4) is 18.2 Å². The van der Waals surface area contributed by atoms with Crippen molar-refractivity contribution in [3.05, 3.63) is 28.8 Å². The lowest BCUT2D eigenvalue weighted by atomic mass is 10.2. The molecule has 0 aliphatic heterocycles. The summed E-state index contributed by atoms with van der Waals surface area (Å²) < 4.78 is 0. The molecule has 0 atom stereocenters. The van der Waals surface area contributed by atoms with Gasteiger partial charge in [0.15, 0.2) is 0 Å². The third kappa shape index (κ3) is 5.47. The Balaban J connectivity index is 4.69. The molecule has 0 unspecified atom stereocenters. The van der Waals surface area contributed by atoms with E-state index in [9.17, 15) is 0 Å². The molecule has 0 spiro atoms. The maximum atomic E-state index is 8.88. The number of nitrogens with zero attached hydrogens (tertiary/aromatic N) is 3. The monoisotopic (exact) mass is 215 g/mol. The Kier molecular flexibility index (Phi) is 8.00. The Morgan fingerprint density at radius 3 is 2.75 bits per heavy atom. The van der Waals surface area contributed by atoms with Gasteiger partial charge in [-0.25, -0.2) is 0 Å². The minimum absolute atomic E-state index is 0.128. The van der Waals surface area contributed by atoms with E-state index < -0.39 is 0 Å². The summed E-state index contributed by atoms with van der Waals surface area (Å²) in [4.78, 5) is 4.01. The SMILES string of the molecule is C=CC(NCC#N)=C(C#N)C#[N+]CCCC. The number of unbranched alkanes of at least 4 members (excludes halogenated alkanes) is 1. The molecule has 0 fully saturated rings. The highest BCUT2D eigenvalue weighted by Gasteiger charge is 2.05. The van der Waals surface area contributed by atoms with E-state index in [4.69, 9.17) is 10.5 Å². The van der Waals surface area contributed by atoms with E-state index in [0.29, 0.717) is 12.2 Å². The van der Waals surface area contributed by atoms with Crippen molar-refractivity contribution in [2.24, 2.45) is 0 Å². The lowest BCUT2D eigenvalue weighted by Crippen LogP contribution is -2.13. The molecule has 82 valence electrons. The smallest absolute Gasteiger partial charge is 0.324 e. The summed E-state index contributed by atoms with van der Waals surface area (Å²) in [6.45, 7) is 6.42. The summed E-state index contributed by atoms with van der Waals surface area (Å²) in [5.74, 6) is 0. The third-order valence-corrected chi connectivity index (χ3v) is 1.76. The molecule has 4 nitrogen and oxygen atoms in total. The van der Waals surface area contributed by atoms with Crippen LogP contribution in [0.2, 0.25) is 0 Å². The van der Waals surface area contributed by atoms with Gasteiger partial charge in [0.25, 0.3) is 6.54 Å². The fourth-order valence-electron chi connectivity index (χ4n) is 0.915. The average Bonchev–Trinajstić information content (AvgIpc) is 2.32. The molecule has 4 heteroatoms. The second kappa shape index (κ2) is 9.31. The normalized spacial score (nSPS) is 9.94. The van der Waals surface area contributed by atoms with Crippen molar-refractivity contribution in [2.75, 3.05) is 13.1 Å². The fourth-order valence-corrected chi connectivity index (χ4v) is 0.915. The first-order valence-electron chi connectivity index (χ1n) is 5.10. The largest absolute Gasteiger partial charge is 0.371 e. The molecule has 0 aliphatic rings. The van der Waals surface area contributed by atoms with Gasteiger partial charge < -0.3 is 5.32 Å². The summed E-state index contributed by atoms with van der Waals surface area (Å²) in [5.41, 5.74) is 0.769. The van der Waals surface area contributed by atoms with E-state index in [1.165, 1.54) is 6.08 Å². The summed E-state index contributed by atoms with van der Waals surface area (Å²) in [6, 6.07) is 6.56. The van der Waals surface area contributed by atoms with Gasteiger partial charge in [0.05, 0.1) is 11.8 Å². The van der Waals surface area contributed by atoms with Crippen LogP contribution in [0.5, 0.6) is 0 Å². The van der Waals surface area contributed by atoms with Gasteiger partial charge in [-0.15, -0.1) is 0 Å². The molecule has 0 saturated carbocycles. The van der Waals surface area contributed by atoms with Crippen LogP contribution in [0.25, 0.3) is 4.85 Å². The van der Waals surface area contributed by atoms with Crippen molar-refractivity contribution in [1.82, 2.24) is 5.32 Å². The molecule has 0 aromatic carbocycles. The number of hydrogen-bond donors (Lipinski definition) is 1. The predicted molar refractivity (Wildman–Crippen MR) is 63.5 cm³/mol. The van der Waals surface area contributed by atoms with E-state index >= 15 is 0 Å². The molecule has 0 radical (unpaired) electrons. The Hall–Kier alpha value is -2.25. The second-order valence-electron chi connectivity index (χ2n) is 2.96. The molecule has 0 bridgehead atoms. The fraction of sp³-hybridized carbons (Fsp3) is 0.417. The maximum absolute atomic E-state index is 8.88. The first kappa shape index (κ1) is 13.8. The molecule has 0 saturated heterocycles. The van der Waals surface area contributed by atoms with Crippen LogP contribution in [0.3, 0.4) is 0 Å². The Bertz CT molecular complexity index is 395. The standard InChI is InChI=1S/C12H14N4/c1-3-5-7-15-10-11(9-14)12(4-2)16-8-6-13/h4H,2-3,5,7-8H2,1H3/p+1. The summed E-state index contributed by atoms with van der Waals surface area (Å²) in [7, 11) is 0. The van der Waals surface area contributed by atoms with Crippen molar-refractivity contribution in [1.29, 1.82) is 10.5 Å². The van der Waals surface area contributed by atoms with Crippen LogP contribution >= 0.6 is 0 Å². The third-order valence-electron chi connectivity index (χ3n) is 1.76. The van der Waals surface area contributed by atoms with E-state index in [0.717, 1.165) is 12.8 Å². The van der Waals surface area contributed by atoms with E-state index in [2.05, 4.69) is 29.7 Å². The Morgan fingerprint density at radius 1 is 1.50 bits per heavy atom. The lowest BCUT2D eigenvalue weighted by molar-refractivity contribution is 0.859. The molecule has 0 aliphatic carbocycles. The van der Waals surface area contributed by atoms with Crippen LogP contribution in [0.4, 0.5) is 0 Å². The number of allylic oxidation sites excluding steroid dienone is 2. The zero-order valence-corrected chi connectivity index (χ0v) is 9.45. The first-order valence-corrected chi connectivity index (χ1v) is 5.10. The van der Waals surface area contributed by atoms with Crippen molar-refractivity contribution in [3.63, 3.8) is 0 Å². The summed E-state index contributed by atoms with van der Waals surface area (Å²) in [5, 5.41) is 20.1. The van der Waals surface area contributed by atoms with Crippen LogP contribution in [0, 0.1) is 28.7 Å². The van der Waals surface area contributed by atoms with Crippen LogP contribution in [0.15, 0.2) is 23.9 Å². The summed E-state index contributed by atoms with van der Waals surface area (Å²) in [6.07, 6.45) is 3.51. The highest BCUT2D eigenvalue weighted by molar-refractivity contribution is 5.45. The molecule has 1 N–H and O–H groups in total. The van der Waals surface area contributed by atoms with Crippen LogP contribution in [-0.4, -0.2) is 13.1 Å². The second-order valence-corrected chi connectivity index (χ2v) is 2.96. The van der Waals surface area contributed by atoms with Crippen LogP contribution < -0.4 is 5.32 Å². The van der Waals surface area contributed by atoms with Crippen molar-refractivity contribution >= 4 is 0 Å². The van der Waals surface area contributed by atoms with E-state index in [1.54, 1.807) is 0 Å². The molecule has 0 heterocycles. The molecule has 0 rings (SSSR count). The van der Waals surface area contributed by atoms with Crippen LogP contribution in [0.1, 0.15) is 19.8 Å². The summed E-state index contributed by atoms with van der Waals surface area (Å²) >= 11 is 0. The molecular weight excluding hydrogens is 200 g/mol. The molecular formula is C12H15N4+. The van der Waals surface area contributed by atoms with Gasteiger partial charge in [-0.1, -0.05) is 18.3 Å². The van der Waals surface area contributed by atoms with Gasteiger partial charge in [0.2, 0.25) is 5.57 Å². The quantitative estimate of drug-likeness (QED) is 0.331. The minimum Gasteiger partial charge on any atom is -0.371 e. The first-order chi connectivity index (χ1) is 7.79. The van der Waals surface area contributed by atoms with Crippen molar-refractivity contribution < 1.29 is 0 Å². The topological polar surface area (TPSA) is 64.0 Å². The number of rotatable bonds is 5.